The van der Waals surface area contributed by atoms with Gasteiger partial charge in [0.05, 0.1) is 0 Å². The molecule has 1 aromatic carbocycles. The molecule has 1 amide bonds. The van der Waals surface area contributed by atoms with Crippen molar-refractivity contribution in [3.63, 3.8) is 0 Å². The maximum Gasteiger partial charge on any atom is 0.253 e. The van der Waals surface area contributed by atoms with Crippen LogP contribution in [0.1, 0.15) is 42.5 Å². The van der Waals surface area contributed by atoms with Crippen molar-refractivity contribution in [3.05, 3.63) is 29.8 Å². The fraction of sp³-hybridized carbons (Fsp3) is 0.533. The van der Waals surface area contributed by atoms with Crippen molar-refractivity contribution in [1.82, 2.24) is 4.90 Å². The van der Waals surface area contributed by atoms with Gasteiger partial charge < -0.3 is 4.90 Å². The molecule has 1 atom stereocenters. The van der Waals surface area contributed by atoms with Crippen LogP contribution in [0.25, 0.3) is 0 Å². The predicted molar refractivity (Wildman–Crippen MR) is 77.8 cm³/mol. The van der Waals surface area contributed by atoms with Crippen molar-refractivity contribution < 1.29 is 9.00 Å². The van der Waals surface area contributed by atoms with Crippen LogP contribution in [0, 0.1) is 0 Å². The lowest BCUT2D eigenvalue weighted by atomic mass is 10.1. The molecule has 4 heteroatoms. The van der Waals surface area contributed by atoms with E-state index in [9.17, 15) is 9.00 Å². The maximum absolute atomic E-state index is 12.4. The van der Waals surface area contributed by atoms with Crippen LogP contribution in [0.4, 0.5) is 0 Å². The third-order valence-corrected chi connectivity index (χ3v) is 4.51. The van der Waals surface area contributed by atoms with Crippen LogP contribution in [-0.4, -0.2) is 34.4 Å². The lowest BCUT2D eigenvalue weighted by Crippen LogP contribution is -2.33. The second kappa shape index (κ2) is 6.85. The molecule has 0 aromatic heterocycles. The number of carbonyl (C=O) groups excluding carboxylic acids is 1. The molecular weight excluding hydrogens is 258 g/mol. The number of amides is 1. The first kappa shape index (κ1) is 14.3. The first-order chi connectivity index (χ1) is 9.18. The summed E-state index contributed by atoms with van der Waals surface area (Å²) >= 11 is 0. The van der Waals surface area contributed by atoms with E-state index in [0.29, 0.717) is 5.56 Å². The standard InChI is InChI=1S/C15H21NO2S/c1-19(18)14-9-7-13(8-10-14)15(17)16-11-5-3-2-4-6-12-16/h7-10H,2-6,11-12H2,1H3/t19-/m1/s1. The molecule has 0 spiro atoms. The number of rotatable bonds is 2. The second-order valence-corrected chi connectivity index (χ2v) is 6.42. The van der Waals surface area contributed by atoms with Gasteiger partial charge in [-0.05, 0) is 37.1 Å². The van der Waals surface area contributed by atoms with Gasteiger partial charge in [0, 0.05) is 40.6 Å². The molecule has 1 saturated heterocycles. The molecule has 1 heterocycles. The van der Waals surface area contributed by atoms with Crippen LogP contribution in [0.15, 0.2) is 29.2 Å². The van der Waals surface area contributed by atoms with Gasteiger partial charge in [-0.15, -0.1) is 0 Å². The molecule has 1 aliphatic rings. The molecule has 0 aliphatic carbocycles. The van der Waals surface area contributed by atoms with E-state index in [1.54, 1.807) is 30.5 Å². The molecule has 3 nitrogen and oxygen atoms in total. The number of carbonyl (C=O) groups is 1. The fourth-order valence-corrected chi connectivity index (χ4v) is 2.94. The van der Waals surface area contributed by atoms with Crippen molar-refractivity contribution >= 4 is 16.7 Å². The highest BCUT2D eigenvalue weighted by atomic mass is 32.2. The zero-order chi connectivity index (χ0) is 13.7. The van der Waals surface area contributed by atoms with E-state index in [1.165, 1.54) is 19.3 Å². The van der Waals surface area contributed by atoms with Crippen molar-refractivity contribution in [3.8, 4) is 0 Å². The lowest BCUT2D eigenvalue weighted by Gasteiger charge is -2.24. The highest BCUT2D eigenvalue weighted by molar-refractivity contribution is 7.84. The van der Waals surface area contributed by atoms with E-state index in [2.05, 4.69) is 0 Å². The molecule has 0 N–H and O–H groups in total. The Morgan fingerprint density at radius 2 is 1.53 bits per heavy atom. The summed E-state index contributed by atoms with van der Waals surface area (Å²) in [5.74, 6) is 0.107. The molecule has 104 valence electrons. The Bertz CT molecular complexity index is 448. The molecule has 19 heavy (non-hydrogen) atoms. The highest BCUT2D eigenvalue weighted by Gasteiger charge is 2.16. The van der Waals surface area contributed by atoms with Crippen LogP contribution < -0.4 is 0 Å². The average Bonchev–Trinajstić information content (AvgIpc) is 2.38. The van der Waals surface area contributed by atoms with Gasteiger partial charge in [0.1, 0.15) is 0 Å². The Kier molecular flexibility index (Phi) is 5.14. The molecule has 0 saturated carbocycles. The van der Waals surface area contributed by atoms with Crippen molar-refractivity contribution in [2.75, 3.05) is 19.3 Å². The Morgan fingerprint density at radius 3 is 2.05 bits per heavy atom. The minimum absolute atomic E-state index is 0.107. The molecule has 1 fully saturated rings. The molecule has 1 aliphatic heterocycles. The van der Waals surface area contributed by atoms with E-state index in [0.717, 1.165) is 30.8 Å². The van der Waals surface area contributed by atoms with Gasteiger partial charge in [0.25, 0.3) is 5.91 Å². The molecule has 0 bridgehead atoms. The van der Waals surface area contributed by atoms with Crippen molar-refractivity contribution in [2.45, 2.75) is 37.0 Å². The fourth-order valence-electron chi connectivity index (χ4n) is 2.42. The molecule has 2 rings (SSSR count). The Balaban J connectivity index is 2.06. The van der Waals surface area contributed by atoms with E-state index in [-0.39, 0.29) is 5.91 Å². The quantitative estimate of drug-likeness (QED) is 0.835. The van der Waals surface area contributed by atoms with Gasteiger partial charge in [0.15, 0.2) is 0 Å². The molecule has 1 aromatic rings. The molecule has 0 radical (unpaired) electrons. The summed E-state index contributed by atoms with van der Waals surface area (Å²) in [5.41, 5.74) is 0.703. The number of nitrogens with zero attached hydrogens (tertiary/aromatic N) is 1. The second-order valence-electron chi connectivity index (χ2n) is 5.04. The first-order valence-corrected chi connectivity index (χ1v) is 8.47. The third kappa shape index (κ3) is 3.90. The molecular formula is C15H21NO2S. The third-order valence-electron chi connectivity index (χ3n) is 3.58. The van der Waals surface area contributed by atoms with Crippen LogP contribution in [0.3, 0.4) is 0 Å². The summed E-state index contributed by atoms with van der Waals surface area (Å²) in [6.07, 6.45) is 7.58. The normalized spacial score (nSPS) is 18.5. The Morgan fingerprint density at radius 1 is 1.00 bits per heavy atom. The predicted octanol–water partition coefficient (Wildman–Crippen LogP) is 2.83. The van der Waals surface area contributed by atoms with Crippen LogP contribution in [0.2, 0.25) is 0 Å². The van der Waals surface area contributed by atoms with E-state index < -0.39 is 10.8 Å². The Labute approximate surface area is 117 Å². The maximum atomic E-state index is 12.4. The summed E-state index contributed by atoms with van der Waals surface area (Å²) in [5, 5.41) is 0. The summed E-state index contributed by atoms with van der Waals surface area (Å²) in [4.78, 5) is 15.1. The number of hydrogen-bond donors (Lipinski definition) is 0. The average molecular weight is 279 g/mol. The zero-order valence-electron chi connectivity index (χ0n) is 11.4. The van der Waals surface area contributed by atoms with E-state index in [4.69, 9.17) is 0 Å². The van der Waals surface area contributed by atoms with Crippen LogP contribution >= 0.6 is 0 Å². The van der Waals surface area contributed by atoms with Gasteiger partial charge in [-0.3, -0.25) is 9.00 Å². The number of benzene rings is 1. The topological polar surface area (TPSA) is 37.4 Å². The van der Waals surface area contributed by atoms with Gasteiger partial charge in [0.2, 0.25) is 0 Å². The SMILES string of the molecule is C[S@@](=O)c1ccc(C(=O)N2CCCCCCC2)cc1. The minimum Gasteiger partial charge on any atom is -0.339 e. The summed E-state index contributed by atoms with van der Waals surface area (Å²) in [6, 6.07) is 7.15. The smallest absolute Gasteiger partial charge is 0.253 e. The first-order valence-electron chi connectivity index (χ1n) is 6.91. The monoisotopic (exact) mass is 279 g/mol. The zero-order valence-corrected chi connectivity index (χ0v) is 12.2. The van der Waals surface area contributed by atoms with Crippen molar-refractivity contribution in [1.29, 1.82) is 0 Å². The number of likely N-dealkylation sites (tertiary alicyclic amines) is 1. The Hall–Kier alpha value is -1.16. The van der Waals surface area contributed by atoms with Gasteiger partial charge in [-0.1, -0.05) is 19.3 Å². The van der Waals surface area contributed by atoms with E-state index in [1.807, 2.05) is 4.90 Å². The number of hydrogen-bond acceptors (Lipinski definition) is 2. The summed E-state index contributed by atoms with van der Waals surface area (Å²) in [6.45, 7) is 1.72. The summed E-state index contributed by atoms with van der Waals surface area (Å²) < 4.78 is 11.3. The van der Waals surface area contributed by atoms with E-state index >= 15 is 0 Å². The largest absolute Gasteiger partial charge is 0.339 e. The lowest BCUT2D eigenvalue weighted by molar-refractivity contribution is 0.0742. The van der Waals surface area contributed by atoms with Crippen molar-refractivity contribution in [2.24, 2.45) is 0 Å². The van der Waals surface area contributed by atoms with Crippen LogP contribution in [0.5, 0.6) is 0 Å². The highest BCUT2D eigenvalue weighted by Crippen LogP contribution is 2.15. The summed E-state index contributed by atoms with van der Waals surface area (Å²) in [7, 11) is -0.985. The van der Waals surface area contributed by atoms with Gasteiger partial charge in [-0.2, -0.15) is 0 Å². The van der Waals surface area contributed by atoms with Crippen LogP contribution in [-0.2, 0) is 10.8 Å². The van der Waals surface area contributed by atoms with Gasteiger partial charge >= 0.3 is 0 Å². The molecule has 0 unspecified atom stereocenters. The van der Waals surface area contributed by atoms with Gasteiger partial charge in [-0.25, -0.2) is 0 Å². The minimum atomic E-state index is -0.985.